The molecule has 1 aliphatic rings. The monoisotopic (exact) mass is 463 g/mol. The molecule has 2 aromatic carbocycles. The van der Waals surface area contributed by atoms with Crippen LogP contribution in [-0.4, -0.2) is 40.9 Å². The smallest absolute Gasteiger partial charge is 0.414 e. The zero-order valence-electron chi connectivity index (χ0n) is 18.8. The summed E-state index contributed by atoms with van der Waals surface area (Å²) in [6.45, 7) is 3.74. The quantitative estimate of drug-likeness (QED) is 0.455. The normalized spacial score (nSPS) is 13.1. The summed E-state index contributed by atoms with van der Waals surface area (Å²) in [5, 5.41) is 17.7. The summed E-state index contributed by atoms with van der Waals surface area (Å²) in [4.78, 5) is 35.8. The Bertz CT molecular complexity index is 1170. The van der Waals surface area contributed by atoms with E-state index in [1.807, 2.05) is 36.4 Å². The maximum absolute atomic E-state index is 12.4. The number of nitrogens with zero attached hydrogens (tertiary/aromatic N) is 1. The molecule has 176 valence electrons. The van der Waals surface area contributed by atoms with Crippen molar-refractivity contribution < 1.29 is 28.8 Å². The van der Waals surface area contributed by atoms with Crippen LogP contribution in [0.15, 0.2) is 59.1 Å². The standard InChI is InChI=1S/C25H25N3O6/c1-14(2)20(12-23(29)30)26-24(31)21-11-22(34-28-21)27-25(32)33-13-19-17-9-5-3-7-15(17)16-8-4-6-10-18(16)19/h3-11,14,19-20H,12-13H2,1-2H3,(H,26,31)(H,27,32)(H,29,30)/t20-/m0/s1. The number of carboxylic acids is 1. The Kier molecular flexibility index (Phi) is 6.62. The maximum Gasteiger partial charge on any atom is 0.414 e. The topological polar surface area (TPSA) is 131 Å². The van der Waals surface area contributed by atoms with Crippen molar-refractivity contribution in [2.45, 2.75) is 32.2 Å². The van der Waals surface area contributed by atoms with Crippen LogP contribution in [0.3, 0.4) is 0 Å². The highest BCUT2D eigenvalue weighted by molar-refractivity contribution is 5.94. The third-order valence-corrected chi connectivity index (χ3v) is 5.83. The highest BCUT2D eigenvalue weighted by atomic mass is 16.6. The van der Waals surface area contributed by atoms with Gasteiger partial charge in [-0.3, -0.25) is 14.9 Å². The highest BCUT2D eigenvalue weighted by Crippen LogP contribution is 2.44. The third kappa shape index (κ3) is 4.93. The first-order chi connectivity index (χ1) is 16.3. The summed E-state index contributed by atoms with van der Waals surface area (Å²) in [7, 11) is 0. The molecule has 0 unspecified atom stereocenters. The fraction of sp³-hybridized carbons (Fsp3) is 0.280. The van der Waals surface area contributed by atoms with E-state index in [1.54, 1.807) is 13.8 Å². The number of hydrogen-bond donors (Lipinski definition) is 3. The molecule has 1 atom stereocenters. The van der Waals surface area contributed by atoms with Gasteiger partial charge in [-0.1, -0.05) is 67.5 Å². The van der Waals surface area contributed by atoms with Crippen LogP contribution < -0.4 is 10.6 Å². The highest BCUT2D eigenvalue weighted by Gasteiger charge is 2.29. The Hall–Kier alpha value is -4.14. The number of nitrogens with one attached hydrogen (secondary N) is 2. The molecule has 3 N–H and O–H groups in total. The molecule has 34 heavy (non-hydrogen) atoms. The van der Waals surface area contributed by atoms with E-state index in [0.29, 0.717) is 0 Å². The van der Waals surface area contributed by atoms with E-state index >= 15 is 0 Å². The number of amides is 2. The average molecular weight is 463 g/mol. The minimum absolute atomic E-state index is 0.0540. The van der Waals surface area contributed by atoms with Crippen molar-refractivity contribution in [2.75, 3.05) is 11.9 Å². The molecule has 1 heterocycles. The van der Waals surface area contributed by atoms with E-state index in [0.717, 1.165) is 22.3 Å². The van der Waals surface area contributed by atoms with Crippen molar-refractivity contribution in [2.24, 2.45) is 5.92 Å². The molecule has 0 radical (unpaired) electrons. The molecular weight excluding hydrogens is 438 g/mol. The predicted molar refractivity (Wildman–Crippen MR) is 124 cm³/mol. The van der Waals surface area contributed by atoms with E-state index in [1.165, 1.54) is 6.07 Å². The number of carboxylic acid groups (broad SMARTS) is 1. The van der Waals surface area contributed by atoms with Gasteiger partial charge >= 0.3 is 12.1 Å². The van der Waals surface area contributed by atoms with Crippen LogP contribution in [0.4, 0.5) is 10.7 Å². The Morgan fingerprint density at radius 1 is 1.06 bits per heavy atom. The average Bonchev–Trinajstić information content (AvgIpc) is 3.39. The molecule has 1 aliphatic carbocycles. The first kappa shape index (κ1) is 23.0. The summed E-state index contributed by atoms with van der Waals surface area (Å²) in [5.41, 5.74) is 4.36. The molecule has 0 fully saturated rings. The fourth-order valence-electron chi connectivity index (χ4n) is 4.06. The number of hydrogen-bond acceptors (Lipinski definition) is 6. The van der Waals surface area contributed by atoms with Crippen LogP contribution in [0.5, 0.6) is 0 Å². The van der Waals surface area contributed by atoms with Gasteiger partial charge in [0.15, 0.2) is 5.69 Å². The number of ether oxygens (including phenoxy) is 1. The van der Waals surface area contributed by atoms with Gasteiger partial charge in [-0.15, -0.1) is 0 Å². The van der Waals surface area contributed by atoms with Crippen molar-refractivity contribution >= 4 is 23.9 Å². The molecule has 4 rings (SSSR count). The number of aromatic nitrogens is 1. The summed E-state index contributed by atoms with van der Waals surface area (Å²) < 4.78 is 10.5. The largest absolute Gasteiger partial charge is 0.481 e. The number of benzene rings is 2. The molecule has 2 amide bonds. The zero-order valence-corrected chi connectivity index (χ0v) is 18.8. The van der Waals surface area contributed by atoms with Gasteiger partial charge < -0.3 is 19.7 Å². The lowest BCUT2D eigenvalue weighted by Gasteiger charge is -2.19. The van der Waals surface area contributed by atoms with Gasteiger partial charge in [-0.25, -0.2) is 4.79 Å². The number of fused-ring (bicyclic) bond motifs is 3. The SMILES string of the molecule is CC(C)[C@H](CC(=O)O)NC(=O)c1cc(NC(=O)OCC2c3ccccc3-c3ccccc32)on1. The number of carbonyl (C=O) groups is 3. The Morgan fingerprint density at radius 2 is 1.68 bits per heavy atom. The summed E-state index contributed by atoms with van der Waals surface area (Å²) >= 11 is 0. The van der Waals surface area contributed by atoms with Crippen LogP contribution in [0, 0.1) is 5.92 Å². The van der Waals surface area contributed by atoms with Gasteiger partial charge in [0.25, 0.3) is 5.91 Å². The number of aliphatic carboxylic acids is 1. The van der Waals surface area contributed by atoms with Crippen molar-refractivity contribution in [1.82, 2.24) is 10.5 Å². The minimum Gasteiger partial charge on any atom is -0.481 e. The molecule has 9 nitrogen and oxygen atoms in total. The van der Waals surface area contributed by atoms with Crippen LogP contribution >= 0.6 is 0 Å². The molecule has 1 aromatic heterocycles. The Morgan fingerprint density at radius 3 is 2.26 bits per heavy atom. The first-order valence-corrected chi connectivity index (χ1v) is 10.9. The predicted octanol–water partition coefficient (Wildman–Crippen LogP) is 4.26. The van der Waals surface area contributed by atoms with Crippen molar-refractivity contribution in [3.05, 3.63) is 71.4 Å². The lowest BCUT2D eigenvalue weighted by Crippen LogP contribution is -2.40. The summed E-state index contributed by atoms with van der Waals surface area (Å²) in [5.74, 6) is -1.84. The molecule has 0 bridgehead atoms. The summed E-state index contributed by atoms with van der Waals surface area (Å²) in [6, 6.07) is 16.7. The van der Waals surface area contributed by atoms with Crippen molar-refractivity contribution in [1.29, 1.82) is 0 Å². The second kappa shape index (κ2) is 9.78. The van der Waals surface area contributed by atoms with Gasteiger partial charge in [0.05, 0.1) is 6.42 Å². The summed E-state index contributed by atoms with van der Waals surface area (Å²) in [6.07, 6.45) is -0.956. The number of rotatable bonds is 8. The van der Waals surface area contributed by atoms with Crippen LogP contribution in [0.2, 0.25) is 0 Å². The maximum atomic E-state index is 12.4. The van der Waals surface area contributed by atoms with Crippen LogP contribution in [-0.2, 0) is 9.53 Å². The molecule has 0 spiro atoms. The van der Waals surface area contributed by atoms with E-state index in [2.05, 4.69) is 27.9 Å². The van der Waals surface area contributed by atoms with E-state index in [-0.39, 0.29) is 36.4 Å². The lowest BCUT2D eigenvalue weighted by molar-refractivity contribution is -0.137. The zero-order chi connectivity index (χ0) is 24.2. The van der Waals surface area contributed by atoms with Crippen LogP contribution in [0.1, 0.15) is 47.8 Å². The second-order valence-corrected chi connectivity index (χ2v) is 8.45. The second-order valence-electron chi connectivity index (χ2n) is 8.45. The van der Waals surface area contributed by atoms with E-state index in [4.69, 9.17) is 14.4 Å². The van der Waals surface area contributed by atoms with Gasteiger partial charge in [-0.05, 0) is 28.2 Å². The van der Waals surface area contributed by atoms with Crippen LogP contribution in [0.25, 0.3) is 11.1 Å². The first-order valence-electron chi connectivity index (χ1n) is 10.9. The Labute approximate surface area is 196 Å². The molecule has 3 aromatic rings. The van der Waals surface area contributed by atoms with Crippen molar-refractivity contribution in [3.8, 4) is 11.1 Å². The van der Waals surface area contributed by atoms with Gasteiger partial charge in [-0.2, -0.15) is 0 Å². The van der Waals surface area contributed by atoms with Gasteiger partial charge in [0.1, 0.15) is 6.61 Å². The lowest BCUT2D eigenvalue weighted by atomic mass is 9.98. The minimum atomic E-state index is -1.02. The molecule has 0 saturated heterocycles. The van der Waals surface area contributed by atoms with Gasteiger partial charge in [0, 0.05) is 18.0 Å². The molecule has 9 heteroatoms. The fourth-order valence-corrected chi connectivity index (χ4v) is 4.06. The van der Waals surface area contributed by atoms with E-state index < -0.39 is 24.0 Å². The number of anilines is 1. The number of carbonyl (C=O) groups excluding carboxylic acids is 2. The van der Waals surface area contributed by atoms with Crippen molar-refractivity contribution in [3.63, 3.8) is 0 Å². The Balaban J connectivity index is 1.36. The van der Waals surface area contributed by atoms with Gasteiger partial charge in [0.2, 0.25) is 5.88 Å². The van der Waals surface area contributed by atoms with E-state index in [9.17, 15) is 14.4 Å². The third-order valence-electron chi connectivity index (χ3n) is 5.83. The molecule has 0 saturated carbocycles. The molecular formula is C25H25N3O6. The molecule has 0 aliphatic heterocycles.